The van der Waals surface area contributed by atoms with E-state index in [4.69, 9.17) is 18.9 Å². The highest BCUT2D eigenvalue weighted by Crippen LogP contribution is 2.26. The van der Waals surface area contributed by atoms with Crippen LogP contribution in [0, 0.1) is 6.92 Å². The van der Waals surface area contributed by atoms with Crippen LogP contribution in [0.3, 0.4) is 0 Å². The van der Waals surface area contributed by atoms with Gasteiger partial charge in [0.2, 0.25) is 0 Å². The maximum Gasteiger partial charge on any atom is 0.344 e. The van der Waals surface area contributed by atoms with E-state index in [0.717, 1.165) is 11.3 Å². The van der Waals surface area contributed by atoms with Gasteiger partial charge in [0.05, 0.1) is 13.2 Å². The zero-order chi connectivity index (χ0) is 20.2. The average Bonchev–Trinajstić information content (AvgIpc) is 2.69. The Morgan fingerprint density at radius 1 is 0.929 bits per heavy atom. The van der Waals surface area contributed by atoms with E-state index in [1.54, 1.807) is 18.2 Å². The second-order valence-corrected chi connectivity index (χ2v) is 5.84. The molecule has 2 aromatic rings. The number of carbonyl (C=O) groups is 2. The van der Waals surface area contributed by atoms with Crippen LogP contribution in [0.15, 0.2) is 48.5 Å². The maximum absolute atomic E-state index is 11.7. The zero-order valence-electron chi connectivity index (χ0n) is 16.1. The Hall–Kier alpha value is -3.22. The summed E-state index contributed by atoms with van der Waals surface area (Å²) in [6, 6.07) is 14.7. The van der Waals surface area contributed by atoms with Gasteiger partial charge in [-0.1, -0.05) is 24.3 Å². The normalized spacial score (nSPS) is 10.1. The molecule has 1 N–H and O–H groups in total. The average molecular weight is 387 g/mol. The maximum atomic E-state index is 11.7. The van der Waals surface area contributed by atoms with Gasteiger partial charge in [-0.05, 0) is 43.7 Å². The fourth-order valence-electron chi connectivity index (χ4n) is 2.28. The van der Waals surface area contributed by atoms with E-state index < -0.39 is 11.9 Å². The molecule has 0 bridgehead atoms. The molecule has 0 fully saturated rings. The molecule has 28 heavy (non-hydrogen) atoms. The van der Waals surface area contributed by atoms with Gasteiger partial charge in [0.1, 0.15) is 12.4 Å². The Morgan fingerprint density at radius 2 is 1.68 bits per heavy atom. The SMILES string of the molecule is CCOc1ccccc1OCC(=O)OCC(=O)NCCOc1cccc(C)c1. The number of nitrogens with one attached hydrogen (secondary N) is 1. The number of aryl methyl sites for hydroxylation is 1. The van der Waals surface area contributed by atoms with Crippen molar-refractivity contribution >= 4 is 11.9 Å². The third-order valence-corrected chi connectivity index (χ3v) is 3.54. The fourth-order valence-corrected chi connectivity index (χ4v) is 2.28. The Bertz CT molecular complexity index is 777. The molecule has 0 heterocycles. The number of rotatable bonds is 11. The third kappa shape index (κ3) is 7.57. The van der Waals surface area contributed by atoms with E-state index in [-0.39, 0.29) is 13.2 Å². The van der Waals surface area contributed by atoms with Crippen LogP contribution in [0.4, 0.5) is 0 Å². The van der Waals surface area contributed by atoms with Crippen LogP contribution in [0.25, 0.3) is 0 Å². The summed E-state index contributed by atoms with van der Waals surface area (Å²) in [6.07, 6.45) is 0. The van der Waals surface area contributed by atoms with Gasteiger partial charge in [-0.15, -0.1) is 0 Å². The lowest BCUT2D eigenvalue weighted by molar-refractivity contribution is -0.150. The topological polar surface area (TPSA) is 83.1 Å². The Morgan fingerprint density at radius 3 is 2.39 bits per heavy atom. The minimum Gasteiger partial charge on any atom is -0.492 e. The molecule has 0 saturated heterocycles. The monoisotopic (exact) mass is 387 g/mol. The number of para-hydroxylation sites is 2. The smallest absolute Gasteiger partial charge is 0.344 e. The first-order valence-electron chi connectivity index (χ1n) is 9.05. The molecule has 0 radical (unpaired) electrons. The highest BCUT2D eigenvalue weighted by molar-refractivity contribution is 5.80. The summed E-state index contributed by atoms with van der Waals surface area (Å²) in [7, 11) is 0. The number of carbonyl (C=O) groups excluding carboxylic acids is 2. The van der Waals surface area contributed by atoms with Crippen molar-refractivity contribution in [2.24, 2.45) is 0 Å². The van der Waals surface area contributed by atoms with Gasteiger partial charge < -0.3 is 24.3 Å². The highest BCUT2D eigenvalue weighted by Gasteiger charge is 2.10. The van der Waals surface area contributed by atoms with Crippen molar-refractivity contribution in [1.82, 2.24) is 5.32 Å². The Kier molecular flexibility index (Phi) is 8.65. The minimum absolute atomic E-state index is 0.308. The van der Waals surface area contributed by atoms with E-state index in [9.17, 15) is 9.59 Å². The molecule has 0 saturated carbocycles. The van der Waals surface area contributed by atoms with Gasteiger partial charge in [-0.3, -0.25) is 4.79 Å². The molecule has 1 amide bonds. The molecule has 0 aromatic heterocycles. The molecule has 0 atom stereocenters. The summed E-state index contributed by atoms with van der Waals surface area (Å²) in [5.41, 5.74) is 1.10. The summed E-state index contributed by atoms with van der Waals surface area (Å²) in [5, 5.41) is 2.62. The van der Waals surface area contributed by atoms with E-state index in [1.165, 1.54) is 0 Å². The van der Waals surface area contributed by atoms with E-state index in [0.29, 0.717) is 31.3 Å². The quantitative estimate of drug-likeness (QED) is 0.471. The number of amides is 1. The molecule has 7 nitrogen and oxygen atoms in total. The summed E-state index contributed by atoms with van der Waals surface area (Å²) in [6.45, 7) is 4.26. The summed E-state index contributed by atoms with van der Waals surface area (Å²) < 4.78 is 21.2. The third-order valence-electron chi connectivity index (χ3n) is 3.54. The molecule has 0 spiro atoms. The zero-order valence-corrected chi connectivity index (χ0v) is 16.1. The summed E-state index contributed by atoms with van der Waals surface area (Å²) in [5.74, 6) is 0.682. The summed E-state index contributed by atoms with van der Waals surface area (Å²) >= 11 is 0. The van der Waals surface area contributed by atoms with Gasteiger partial charge in [-0.2, -0.15) is 0 Å². The van der Waals surface area contributed by atoms with Crippen LogP contribution in [-0.2, 0) is 14.3 Å². The molecular weight excluding hydrogens is 362 g/mol. The lowest BCUT2D eigenvalue weighted by Gasteiger charge is -2.11. The lowest BCUT2D eigenvalue weighted by atomic mass is 10.2. The van der Waals surface area contributed by atoms with Crippen LogP contribution < -0.4 is 19.5 Å². The number of ether oxygens (including phenoxy) is 4. The second kappa shape index (κ2) is 11.5. The van der Waals surface area contributed by atoms with Crippen molar-refractivity contribution in [3.05, 3.63) is 54.1 Å². The molecule has 0 unspecified atom stereocenters. The van der Waals surface area contributed by atoms with Crippen molar-refractivity contribution in [3.8, 4) is 17.2 Å². The van der Waals surface area contributed by atoms with Gasteiger partial charge in [-0.25, -0.2) is 4.79 Å². The molecular formula is C21H25NO6. The Labute approximate surface area is 164 Å². The van der Waals surface area contributed by atoms with Gasteiger partial charge in [0, 0.05) is 0 Å². The molecule has 150 valence electrons. The van der Waals surface area contributed by atoms with Crippen molar-refractivity contribution < 1.29 is 28.5 Å². The molecule has 0 aliphatic carbocycles. The Balaban J connectivity index is 1.61. The van der Waals surface area contributed by atoms with Crippen molar-refractivity contribution in [1.29, 1.82) is 0 Å². The molecule has 0 aliphatic rings. The van der Waals surface area contributed by atoms with Gasteiger partial charge >= 0.3 is 5.97 Å². The van der Waals surface area contributed by atoms with E-state index >= 15 is 0 Å². The molecule has 0 aliphatic heterocycles. The van der Waals surface area contributed by atoms with Crippen molar-refractivity contribution in [3.63, 3.8) is 0 Å². The number of esters is 1. The van der Waals surface area contributed by atoms with Gasteiger partial charge in [0.25, 0.3) is 5.91 Å². The predicted octanol–water partition coefficient (Wildman–Crippen LogP) is 2.51. The molecule has 2 rings (SSSR count). The highest BCUT2D eigenvalue weighted by atomic mass is 16.6. The molecule has 2 aromatic carbocycles. The van der Waals surface area contributed by atoms with Crippen LogP contribution >= 0.6 is 0 Å². The van der Waals surface area contributed by atoms with Gasteiger partial charge in [0.15, 0.2) is 24.7 Å². The first kappa shape index (κ1) is 21.1. The van der Waals surface area contributed by atoms with Crippen LogP contribution in [0.5, 0.6) is 17.2 Å². The standard InChI is InChI=1S/C21H25NO6/c1-3-25-18-9-4-5-10-19(18)27-15-21(24)28-14-20(23)22-11-12-26-17-8-6-7-16(2)13-17/h4-10,13H,3,11-12,14-15H2,1-2H3,(H,22,23). The first-order chi connectivity index (χ1) is 13.6. The minimum atomic E-state index is -0.641. The van der Waals surface area contributed by atoms with E-state index in [2.05, 4.69) is 5.32 Å². The van der Waals surface area contributed by atoms with Crippen LogP contribution in [0.2, 0.25) is 0 Å². The van der Waals surface area contributed by atoms with E-state index in [1.807, 2.05) is 44.2 Å². The van der Waals surface area contributed by atoms with Crippen LogP contribution in [-0.4, -0.2) is 44.8 Å². The lowest BCUT2D eigenvalue weighted by Crippen LogP contribution is -2.32. The summed E-state index contributed by atoms with van der Waals surface area (Å²) in [4.78, 5) is 23.5. The van der Waals surface area contributed by atoms with Crippen LogP contribution in [0.1, 0.15) is 12.5 Å². The van der Waals surface area contributed by atoms with Crippen molar-refractivity contribution in [2.45, 2.75) is 13.8 Å². The second-order valence-electron chi connectivity index (χ2n) is 5.84. The fraction of sp³-hybridized carbons (Fsp3) is 0.333. The largest absolute Gasteiger partial charge is 0.492 e. The number of benzene rings is 2. The number of hydrogen-bond donors (Lipinski definition) is 1. The van der Waals surface area contributed by atoms with Crippen molar-refractivity contribution in [2.75, 3.05) is 33.0 Å². The first-order valence-corrected chi connectivity index (χ1v) is 9.05. The number of hydrogen-bond acceptors (Lipinski definition) is 6. The molecule has 7 heteroatoms. The predicted molar refractivity (Wildman–Crippen MR) is 104 cm³/mol.